The Morgan fingerprint density at radius 3 is 1.51 bits per heavy atom. The number of esters is 3. The number of rotatable bonds is 9. The van der Waals surface area contributed by atoms with Crippen LogP contribution in [-0.4, -0.2) is 55.2 Å². The van der Waals surface area contributed by atoms with E-state index >= 15 is 0 Å². The molecule has 1 aliphatic heterocycles. The fourth-order valence-electron chi connectivity index (χ4n) is 4.31. The zero-order valence-corrected chi connectivity index (χ0v) is 22.7. The fourth-order valence-corrected chi connectivity index (χ4v) is 4.31. The molecule has 4 aromatic carbocycles. The number of amides is 1. The van der Waals surface area contributed by atoms with Gasteiger partial charge in [0.1, 0.15) is 12.7 Å². The first kappa shape index (κ1) is 29.0. The summed E-state index contributed by atoms with van der Waals surface area (Å²) in [5.41, 5.74) is 1.17. The van der Waals surface area contributed by atoms with E-state index in [0.717, 1.165) is 0 Å². The van der Waals surface area contributed by atoms with Crippen LogP contribution in [0.4, 0.5) is 10.5 Å². The summed E-state index contributed by atoms with van der Waals surface area (Å²) in [6.07, 6.45) is -6.33. The smallest absolute Gasteiger partial charge is 0.414 e. The van der Waals surface area contributed by atoms with Crippen molar-refractivity contribution in [2.24, 2.45) is 0 Å². The Kier molecular flexibility index (Phi) is 9.40. The molecule has 0 aliphatic carbocycles. The zero-order valence-electron chi connectivity index (χ0n) is 22.7. The van der Waals surface area contributed by atoms with Crippen molar-refractivity contribution in [2.45, 2.75) is 24.6 Å². The van der Waals surface area contributed by atoms with Crippen LogP contribution in [0, 0.1) is 0 Å². The van der Waals surface area contributed by atoms with E-state index in [1.807, 2.05) is 0 Å². The van der Waals surface area contributed by atoms with Crippen molar-refractivity contribution in [1.29, 1.82) is 0 Å². The van der Waals surface area contributed by atoms with Gasteiger partial charge in [0.05, 0.1) is 16.7 Å². The molecule has 1 heterocycles. The molecule has 0 bridgehead atoms. The number of carbonyl (C=O) groups is 4. The molecule has 1 fully saturated rings. The minimum Gasteiger partial charge on any atom is -0.459 e. The summed E-state index contributed by atoms with van der Waals surface area (Å²) >= 11 is 0. The minimum atomic E-state index is -1.52. The molecule has 0 unspecified atom stereocenters. The summed E-state index contributed by atoms with van der Waals surface area (Å²) in [6, 6.07) is 33.1. The Balaban J connectivity index is 1.41. The number of hydrogen-bond acceptors (Lipinski definition) is 9. The molecule has 0 aromatic heterocycles. The summed E-state index contributed by atoms with van der Waals surface area (Å²) in [5.74, 6) is -2.17. The van der Waals surface area contributed by atoms with E-state index in [-0.39, 0.29) is 11.1 Å². The van der Waals surface area contributed by atoms with Crippen LogP contribution in [0.3, 0.4) is 0 Å². The maximum Gasteiger partial charge on any atom is 0.414 e. The Morgan fingerprint density at radius 2 is 1.00 bits per heavy atom. The average molecular weight is 582 g/mol. The second kappa shape index (κ2) is 13.9. The molecule has 43 heavy (non-hydrogen) atoms. The van der Waals surface area contributed by atoms with E-state index in [1.165, 1.54) is 0 Å². The van der Waals surface area contributed by atoms with E-state index in [9.17, 15) is 19.2 Å². The van der Waals surface area contributed by atoms with Gasteiger partial charge in [-0.15, -0.1) is 0 Å². The predicted molar refractivity (Wildman–Crippen MR) is 153 cm³/mol. The van der Waals surface area contributed by atoms with Crippen molar-refractivity contribution in [3.05, 3.63) is 138 Å². The van der Waals surface area contributed by atoms with Crippen LogP contribution in [0.1, 0.15) is 31.1 Å². The number of nitrogens with one attached hydrogen (secondary N) is 1. The molecule has 5 rings (SSSR count). The SMILES string of the molecule is O=C(Nc1ccccc1)O[C@@H]1O[C@@H](COC(=O)c2ccccc2)[C@@H](OC(=O)c2ccccc2)[C@@H]1OC(=O)c1ccccc1. The average Bonchev–Trinajstić information content (AvgIpc) is 3.35. The highest BCUT2D eigenvalue weighted by Crippen LogP contribution is 2.30. The van der Waals surface area contributed by atoms with Gasteiger partial charge in [0.2, 0.25) is 12.4 Å². The van der Waals surface area contributed by atoms with Crippen LogP contribution in [0.5, 0.6) is 0 Å². The van der Waals surface area contributed by atoms with Gasteiger partial charge in [-0.2, -0.15) is 0 Å². The fraction of sp³-hybridized carbons (Fsp3) is 0.152. The molecule has 0 spiro atoms. The van der Waals surface area contributed by atoms with Crippen LogP contribution in [0.2, 0.25) is 0 Å². The molecule has 4 atom stereocenters. The standard InChI is InChI=1S/C33H27NO9/c35-29(22-13-5-1-6-14-22)39-21-26-27(41-30(36)23-15-7-2-8-16-23)28(42-31(37)24-17-9-3-10-18-24)32(40-26)43-33(38)34-25-19-11-4-12-20-25/h1-20,26-28,32H,21H2,(H,34,38)/t26-,27+,28-,32-/m0/s1. The quantitative estimate of drug-likeness (QED) is 0.208. The lowest BCUT2D eigenvalue weighted by Crippen LogP contribution is -2.43. The lowest BCUT2D eigenvalue weighted by atomic mass is 10.1. The molecule has 1 aliphatic rings. The number of ether oxygens (including phenoxy) is 5. The van der Waals surface area contributed by atoms with Gasteiger partial charge in [0, 0.05) is 5.69 Å². The molecule has 0 radical (unpaired) electrons. The molecule has 10 heteroatoms. The molecule has 218 valence electrons. The highest BCUT2D eigenvalue weighted by Gasteiger charge is 2.52. The van der Waals surface area contributed by atoms with E-state index in [2.05, 4.69) is 5.32 Å². The van der Waals surface area contributed by atoms with E-state index in [4.69, 9.17) is 23.7 Å². The first-order valence-electron chi connectivity index (χ1n) is 13.4. The third kappa shape index (κ3) is 7.63. The number of hydrogen-bond donors (Lipinski definition) is 1. The second-order valence-corrected chi connectivity index (χ2v) is 9.38. The zero-order chi connectivity index (χ0) is 30.0. The van der Waals surface area contributed by atoms with Crippen molar-refractivity contribution in [3.8, 4) is 0 Å². The highest BCUT2D eigenvalue weighted by atomic mass is 16.8. The Bertz CT molecular complexity index is 1530. The van der Waals surface area contributed by atoms with E-state index in [1.54, 1.807) is 121 Å². The Labute approximate surface area is 247 Å². The predicted octanol–water partition coefficient (Wildman–Crippen LogP) is 5.27. The van der Waals surface area contributed by atoms with Crippen LogP contribution < -0.4 is 5.32 Å². The van der Waals surface area contributed by atoms with Gasteiger partial charge in [-0.1, -0.05) is 72.8 Å². The highest BCUT2D eigenvalue weighted by molar-refractivity contribution is 5.91. The summed E-state index contributed by atoms with van der Waals surface area (Å²) in [4.78, 5) is 51.8. The van der Waals surface area contributed by atoms with Gasteiger partial charge in [-0.05, 0) is 48.5 Å². The van der Waals surface area contributed by atoms with Crippen molar-refractivity contribution in [3.63, 3.8) is 0 Å². The second-order valence-electron chi connectivity index (χ2n) is 9.38. The lowest BCUT2D eigenvalue weighted by Gasteiger charge is -2.24. The maximum atomic E-state index is 13.1. The summed E-state index contributed by atoms with van der Waals surface area (Å²) < 4.78 is 28.5. The monoisotopic (exact) mass is 581 g/mol. The Morgan fingerprint density at radius 1 is 0.558 bits per heavy atom. The first-order valence-corrected chi connectivity index (χ1v) is 13.4. The largest absolute Gasteiger partial charge is 0.459 e. The third-order valence-corrected chi connectivity index (χ3v) is 6.40. The molecule has 4 aromatic rings. The lowest BCUT2D eigenvalue weighted by molar-refractivity contribution is -0.135. The van der Waals surface area contributed by atoms with Crippen LogP contribution in [0.15, 0.2) is 121 Å². The minimum absolute atomic E-state index is 0.210. The Hall–Kier alpha value is -5.48. The number of benzene rings is 4. The molecule has 10 nitrogen and oxygen atoms in total. The van der Waals surface area contributed by atoms with E-state index < -0.39 is 55.2 Å². The summed E-state index contributed by atoms with van der Waals surface area (Å²) in [5, 5.41) is 2.57. The molecular weight excluding hydrogens is 554 g/mol. The normalized spacial score (nSPS) is 19.1. The van der Waals surface area contributed by atoms with Gasteiger partial charge in [0.25, 0.3) is 0 Å². The van der Waals surface area contributed by atoms with Gasteiger partial charge >= 0.3 is 24.0 Å². The number of carbonyl (C=O) groups excluding carboxylic acids is 4. The van der Waals surface area contributed by atoms with Crippen LogP contribution >= 0.6 is 0 Å². The topological polar surface area (TPSA) is 126 Å². The first-order chi connectivity index (χ1) is 21.0. The molecular formula is C33H27NO9. The van der Waals surface area contributed by atoms with Crippen molar-refractivity contribution in [1.82, 2.24) is 0 Å². The molecule has 0 saturated carbocycles. The van der Waals surface area contributed by atoms with Crippen molar-refractivity contribution in [2.75, 3.05) is 11.9 Å². The summed E-state index contributed by atoms with van der Waals surface area (Å²) in [7, 11) is 0. The molecule has 1 N–H and O–H groups in total. The third-order valence-electron chi connectivity index (χ3n) is 6.40. The number of para-hydroxylation sites is 1. The van der Waals surface area contributed by atoms with Gasteiger partial charge in [-0.25, -0.2) is 19.2 Å². The number of anilines is 1. The van der Waals surface area contributed by atoms with Gasteiger partial charge in [0.15, 0.2) is 6.10 Å². The molecule has 1 amide bonds. The van der Waals surface area contributed by atoms with E-state index in [0.29, 0.717) is 11.3 Å². The van der Waals surface area contributed by atoms with Gasteiger partial charge in [-0.3, -0.25) is 5.32 Å². The summed E-state index contributed by atoms with van der Waals surface area (Å²) in [6.45, 7) is -0.403. The van der Waals surface area contributed by atoms with Crippen molar-refractivity contribution >= 4 is 29.7 Å². The molecule has 1 saturated heterocycles. The van der Waals surface area contributed by atoms with Crippen molar-refractivity contribution < 1.29 is 42.9 Å². The van der Waals surface area contributed by atoms with Crippen LogP contribution in [0.25, 0.3) is 0 Å². The van der Waals surface area contributed by atoms with Crippen LogP contribution in [-0.2, 0) is 23.7 Å². The maximum absolute atomic E-state index is 13.1. The van der Waals surface area contributed by atoms with Gasteiger partial charge < -0.3 is 23.7 Å².